The van der Waals surface area contributed by atoms with E-state index in [1.54, 1.807) is 11.3 Å². The van der Waals surface area contributed by atoms with Gasteiger partial charge in [-0.3, -0.25) is 0 Å². The van der Waals surface area contributed by atoms with E-state index in [1.165, 1.54) is 38.2 Å². The van der Waals surface area contributed by atoms with Crippen LogP contribution in [-0.4, -0.2) is 17.1 Å². The minimum atomic E-state index is -0.361. The summed E-state index contributed by atoms with van der Waals surface area (Å²) in [5.41, 5.74) is 2.46. The number of fused-ring (bicyclic) bond motifs is 2. The molecule has 0 radical (unpaired) electrons. The second-order valence-corrected chi connectivity index (χ2v) is 9.49. The fourth-order valence-electron chi connectivity index (χ4n) is 4.43. The van der Waals surface area contributed by atoms with Crippen molar-refractivity contribution < 1.29 is 4.39 Å². The molecule has 0 N–H and O–H groups in total. The van der Waals surface area contributed by atoms with Gasteiger partial charge in [0.1, 0.15) is 5.82 Å². The second kappa shape index (κ2) is 6.24. The summed E-state index contributed by atoms with van der Waals surface area (Å²) >= 11 is 8.04. The van der Waals surface area contributed by atoms with Crippen LogP contribution in [0, 0.1) is 5.82 Å². The number of aromatic nitrogens is 1. The summed E-state index contributed by atoms with van der Waals surface area (Å²) in [6.45, 7) is 6.19. The summed E-state index contributed by atoms with van der Waals surface area (Å²) in [7, 11) is 0. The number of anilines is 1. The van der Waals surface area contributed by atoms with Crippen LogP contribution in [0.4, 0.5) is 9.52 Å². The third-order valence-electron chi connectivity index (χ3n) is 5.53. The first kappa shape index (κ1) is 17.3. The van der Waals surface area contributed by atoms with Gasteiger partial charge in [0.15, 0.2) is 5.13 Å². The number of thiazole rings is 1. The highest BCUT2D eigenvalue weighted by atomic mass is 35.5. The van der Waals surface area contributed by atoms with E-state index in [9.17, 15) is 4.39 Å². The summed E-state index contributed by atoms with van der Waals surface area (Å²) in [5.74, 6) is -0.361. The summed E-state index contributed by atoms with van der Waals surface area (Å²) < 4.78 is 14.1. The lowest BCUT2D eigenvalue weighted by atomic mass is 9.83. The standard InChI is InChI=1S/C20H24ClFN2S/c1-20(2,3)17-14(9-10-15(22)18(17)21)16-11-25-19(23-16)24-12-5-4-6-13(24)8-7-12/h9-13H,4-8H2,1-3H3/t12-,13+. The summed E-state index contributed by atoms with van der Waals surface area (Å²) in [6.07, 6.45) is 6.47. The SMILES string of the molecule is CC(C)(C)c1c(-c2csc(N3[C@@H]4CCC[C@H]3CC4)n2)ccc(F)c1Cl. The summed E-state index contributed by atoms with van der Waals surface area (Å²) in [6, 6.07) is 4.58. The van der Waals surface area contributed by atoms with Crippen LogP contribution in [0.2, 0.25) is 5.02 Å². The van der Waals surface area contributed by atoms with E-state index in [0.717, 1.165) is 22.0 Å². The van der Waals surface area contributed by atoms with E-state index in [1.807, 2.05) is 6.07 Å². The highest BCUT2D eigenvalue weighted by molar-refractivity contribution is 7.14. The molecule has 2 saturated heterocycles. The summed E-state index contributed by atoms with van der Waals surface area (Å²) in [5, 5.41) is 3.43. The molecule has 2 bridgehead atoms. The maximum absolute atomic E-state index is 14.1. The fraction of sp³-hybridized carbons (Fsp3) is 0.550. The van der Waals surface area contributed by atoms with Crippen LogP contribution < -0.4 is 4.90 Å². The van der Waals surface area contributed by atoms with E-state index in [4.69, 9.17) is 16.6 Å². The minimum Gasteiger partial charge on any atom is -0.342 e. The average Bonchev–Trinajstić information content (AvgIpc) is 3.10. The highest BCUT2D eigenvalue weighted by Gasteiger charge is 2.38. The van der Waals surface area contributed by atoms with Crippen molar-refractivity contribution in [3.8, 4) is 11.3 Å². The number of hydrogen-bond donors (Lipinski definition) is 0. The van der Waals surface area contributed by atoms with Crippen LogP contribution in [0.15, 0.2) is 17.5 Å². The zero-order valence-corrected chi connectivity index (χ0v) is 16.6. The molecule has 1 aromatic heterocycles. The van der Waals surface area contributed by atoms with Gasteiger partial charge in [-0.1, -0.05) is 32.4 Å². The Kier molecular flexibility index (Phi) is 4.32. The first-order chi connectivity index (χ1) is 11.9. The molecule has 5 heteroatoms. The molecule has 2 fully saturated rings. The second-order valence-electron chi connectivity index (χ2n) is 8.27. The van der Waals surface area contributed by atoms with Crippen LogP contribution in [0.25, 0.3) is 11.3 Å². The van der Waals surface area contributed by atoms with Crippen molar-refractivity contribution in [1.29, 1.82) is 0 Å². The van der Waals surface area contributed by atoms with Gasteiger partial charge in [-0.15, -0.1) is 11.3 Å². The number of hydrogen-bond acceptors (Lipinski definition) is 3. The van der Waals surface area contributed by atoms with Crippen molar-refractivity contribution in [3.05, 3.63) is 33.9 Å². The number of benzene rings is 1. The van der Waals surface area contributed by atoms with Crippen LogP contribution in [0.5, 0.6) is 0 Å². The van der Waals surface area contributed by atoms with Gasteiger partial charge in [-0.2, -0.15) is 0 Å². The molecule has 25 heavy (non-hydrogen) atoms. The van der Waals surface area contributed by atoms with Gasteiger partial charge in [0.05, 0.1) is 10.7 Å². The Morgan fingerprint density at radius 3 is 2.48 bits per heavy atom. The van der Waals surface area contributed by atoms with Crippen LogP contribution in [-0.2, 0) is 5.41 Å². The molecule has 2 aromatic rings. The van der Waals surface area contributed by atoms with Crippen LogP contribution >= 0.6 is 22.9 Å². The van der Waals surface area contributed by atoms with E-state index in [-0.39, 0.29) is 16.3 Å². The van der Waals surface area contributed by atoms with E-state index < -0.39 is 0 Å². The number of nitrogens with zero attached hydrogens (tertiary/aromatic N) is 2. The fourth-order valence-corrected chi connectivity index (χ4v) is 5.85. The zero-order valence-electron chi connectivity index (χ0n) is 15.0. The lowest BCUT2D eigenvalue weighted by Crippen LogP contribution is -2.39. The van der Waals surface area contributed by atoms with Crippen LogP contribution in [0.1, 0.15) is 58.4 Å². The molecule has 0 aliphatic carbocycles. The van der Waals surface area contributed by atoms with Gasteiger partial charge >= 0.3 is 0 Å². The van der Waals surface area contributed by atoms with E-state index in [2.05, 4.69) is 31.1 Å². The molecule has 2 aliphatic rings. The van der Waals surface area contributed by atoms with Crippen molar-refractivity contribution in [2.24, 2.45) is 0 Å². The summed E-state index contributed by atoms with van der Waals surface area (Å²) in [4.78, 5) is 7.49. The lowest BCUT2D eigenvalue weighted by molar-refractivity contribution is 0.467. The third kappa shape index (κ3) is 2.97. The predicted molar refractivity (Wildman–Crippen MR) is 104 cm³/mol. The Bertz CT molecular complexity index is 779. The Labute approximate surface area is 158 Å². The quantitative estimate of drug-likeness (QED) is 0.599. The van der Waals surface area contributed by atoms with E-state index in [0.29, 0.717) is 12.1 Å². The van der Waals surface area contributed by atoms with Gasteiger partial charge in [0.2, 0.25) is 0 Å². The minimum absolute atomic E-state index is 0.220. The first-order valence-electron chi connectivity index (χ1n) is 9.09. The molecule has 0 unspecified atom stereocenters. The molecule has 0 saturated carbocycles. The van der Waals surface area contributed by atoms with Crippen molar-refractivity contribution in [2.45, 2.75) is 70.4 Å². The molecule has 2 aliphatic heterocycles. The Hall–Kier alpha value is -1.13. The molecule has 3 heterocycles. The molecule has 134 valence electrons. The maximum atomic E-state index is 14.1. The average molecular weight is 379 g/mol. The number of rotatable bonds is 2. The zero-order chi connectivity index (χ0) is 17.8. The van der Waals surface area contributed by atoms with Gasteiger partial charge < -0.3 is 4.90 Å². The third-order valence-corrected chi connectivity index (χ3v) is 6.75. The number of halogens is 2. The molecular weight excluding hydrogens is 355 g/mol. The topological polar surface area (TPSA) is 16.1 Å². The number of piperidine rings is 1. The van der Waals surface area contributed by atoms with Crippen molar-refractivity contribution in [1.82, 2.24) is 4.98 Å². The molecule has 2 nitrogen and oxygen atoms in total. The van der Waals surface area contributed by atoms with Gasteiger partial charge in [-0.05, 0) is 55.2 Å². The molecule has 0 amide bonds. The van der Waals surface area contributed by atoms with Crippen molar-refractivity contribution in [2.75, 3.05) is 4.90 Å². The molecule has 0 spiro atoms. The van der Waals surface area contributed by atoms with Gasteiger partial charge in [-0.25, -0.2) is 9.37 Å². The largest absolute Gasteiger partial charge is 0.342 e. The molecule has 2 atom stereocenters. The first-order valence-corrected chi connectivity index (χ1v) is 10.3. The predicted octanol–water partition coefficient (Wildman–Crippen LogP) is 6.42. The molecule has 4 rings (SSSR count). The maximum Gasteiger partial charge on any atom is 0.186 e. The van der Waals surface area contributed by atoms with Crippen LogP contribution in [0.3, 0.4) is 0 Å². The normalized spacial score (nSPS) is 23.3. The smallest absolute Gasteiger partial charge is 0.186 e. The molecular formula is C20H24ClFN2S. The Balaban J connectivity index is 1.75. The monoisotopic (exact) mass is 378 g/mol. The lowest BCUT2D eigenvalue weighted by Gasteiger charge is -2.34. The van der Waals surface area contributed by atoms with E-state index >= 15 is 0 Å². The van der Waals surface area contributed by atoms with Gasteiger partial charge in [0.25, 0.3) is 0 Å². The van der Waals surface area contributed by atoms with Gasteiger partial charge in [0, 0.05) is 23.0 Å². The molecule has 1 aromatic carbocycles. The van der Waals surface area contributed by atoms with Crippen molar-refractivity contribution >= 4 is 28.1 Å². The highest BCUT2D eigenvalue weighted by Crippen LogP contribution is 2.44. The Morgan fingerprint density at radius 1 is 1.16 bits per heavy atom. The van der Waals surface area contributed by atoms with Crippen molar-refractivity contribution in [3.63, 3.8) is 0 Å². The Morgan fingerprint density at radius 2 is 1.84 bits per heavy atom.